The summed E-state index contributed by atoms with van der Waals surface area (Å²) in [5, 5.41) is 5.68. The third-order valence-electron chi connectivity index (χ3n) is 5.10. The summed E-state index contributed by atoms with van der Waals surface area (Å²) in [6, 6.07) is 18.1. The Balaban J connectivity index is 1.66. The first-order chi connectivity index (χ1) is 16.9. The van der Waals surface area contributed by atoms with E-state index in [1.54, 1.807) is 30.5 Å². The van der Waals surface area contributed by atoms with Crippen molar-refractivity contribution in [3.63, 3.8) is 0 Å². The maximum absolute atomic E-state index is 12.8. The predicted octanol–water partition coefficient (Wildman–Crippen LogP) is 7.40. The molecule has 0 aliphatic heterocycles. The second kappa shape index (κ2) is 11.4. The van der Waals surface area contributed by atoms with Gasteiger partial charge in [-0.15, -0.1) is 0 Å². The first-order valence-corrected chi connectivity index (χ1v) is 12.1. The van der Waals surface area contributed by atoms with Gasteiger partial charge in [-0.3, -0.25) is 0 Å². The summed E-state index contributed by atoms with van der Waals surface area (Å²) in [5.41, 5.74) is 1.75. The predicted molar refractivity (Wildman–Crippen MR) is 144 cm³/mol. The molecule has 3 rings (SSSR count). The highest BCUT2D eigenvalue weighted by atomic mass is 16.5. The molecule has 7 heteroatoms. The standard InChI is InChI=1S/C29H37N3O4/c1-20(19-34-29(5,6)7)35-22-13-10-12-21(18-22)31-27(33)32-24-15-11-17-30-26(24)36-25-16-9-8-14-23(25)28(2,3)4/h8-18,20H,19H2,1-7H3,(H2,31,32,33). The Morgan fingerprint density at radius 3 is 2.42 bits per heavy atom. The Bertz CT molecular complexity index is 1170. The smallest absolute Gasteiger partial charge is 0.323 e. The summed E-state index contributed by atoms with van der Waals surface area (Å²) >= 11 is 0. The number of benzene rings is 2. The van der Waals surface area contributed by atoms with Crippen molar-refractivity contribution in [3.8, 4) is 17.4 Å². The lowest BCUT2D eigenvalue weighted by atomic mass is 9.86. The van der Waals surface area contributed by atoms with Crippen molar-refractivity contribution in [2.45, 2.75) is 65.6 Å². The lowest BCUT2D eigenvalue weighted by molar-refractivity contribution is -0.0374. The van der Waals surface area contributed by atoms with E-state index in [2.05, 4.69) is 36.4 Å². The number of nitrogens with zero attached hydrogens (tertiary/aromatic N) is 1. The second-order valence-electron chi connectivity index (χ2n) is 10.7. The average molecular weight is 492 g/mol. The molecule has 36 heavy (non-hydrogen) atoms. The van der Waals surface area contributed by atoms with Crippen molar-refractivity contribution in [1.29, 1.82) is 0 Å². The average Bonchev–Trinajstić information content (AvgIpc) is 2.78. The molecule has 3 aromatic rings. The van der Waals surface area contributed by atoms with Gasteiger partial charge < -0.3 is 24.8 Å². The van der Waals surface area contributed by atoms with Crippen molar-refractivity contribution in [2.24, 2.45) is 0 Å². The van der Waals surface area contributed by atoms with Gasteiger partial charge in [0.25, 0.3) is 0 Å². The lowest BCUT2D eigenvalue weighted by Crippen LogP contribution is -2.27. The molecule has 192 valence electrons. The van der Waals surface area contributed by atoms with E-state index in [1.165, 1.54) is 0 Å². The van der Waals surface area contributed by atoms with Crippen LogP contribution in [0.15, 0.2) is 66.9 Å². The highest BCUT2D eigenvalue weighted by Crippen LogP contribution is 2.35. The molecule has 2 N–H and O–H groups in total. The summed E-state index contributed by atoms with van der Waals surface area (Å²) in [6.45, 7) is 14.8. The fraction of sp³-hybridized carbons (Fsp3) is 0.379. The van der Waals surface area contributed by atoms with E-state index < -0.39 is 6.03 Å². The molecule has 0 saturated heterocycles. The minimum Gasteiger partial charge on any atom is -0.488 e. The van der Waals surface area contributed by atoms with Gasteiger partial charge in [-0.1, -0.05) is 45.0 Å². The molecule has 7 nitrogen and oxygen atoms in total. The number of aromatic nitrogens is 1. The van der Waals surface area contributed by atoms with Crippen LogP contribution in [0.4, 0.5) is 16.2 Å². The molecular weight excluding hydrogens is 454 g/mol. The van der Waals surface area contributed by atoms with Crippen molar-refractivity contribution < 1.29 is 19.0 Å². The van der Waals surface area contributed by atoms with Crippen LogP contribution in [-0.2, 0) is 10.2 Å². The van der Waals surface area contributed by atoms with Crippen LogP contribution in [0.2, 0.25) is 0 Å². The summed E-state index contributed by atoms with van der Waals surface area (Å²) in [5.74, 6) is 1.65. The lowest BCUT2D eigenvalue weighted by Gasteiger charge is -2.23. The largest absolute Gasteiger partial charge is 0.488 e. The van der Waals surface area contributed by atoms with Crippen molar-refractivity contribution in [3.05, 3.63) is 72.4 Å². The number of hydrogen-bond donors (Lipinski definition) is 2. The fourth-order valence-electron chi connectivity index (χ4n) is 3.41. The Hall–Kier alpha value is -3.58. The number of carbonyl (C=O) groups excluding carboxylic acids is 1. The molecule has 2 amide bonds. The molecular formula is C29H37N3O4. The van der Waals surface area contributed by atoms with Crippen LogP contribution in [0.25, 0.3) is 0 Å². The quantitative estimate of drug-likeness (QED) is 0.343. The number of amides is 2. The topological polar surface area (TPSA) is 81.7 Å². The van der Waals surface area contributed by atoms with E-state index in [-0.39, 0.29) is 17.1 Å². The van der Waals surface area contributed by atoms with Crippen molar-refractivity contribution >= 4 is 17.4 Å². The van der Waals surface area contributed by atoms with E-state index in [0.717, 1.165) is 5.56 Å². The number of pyridine rings is 1. The molecule has 0 aliphatic carbocycles. The van der Waals surface area contributed by atoms with Gasteiger partial charge in [0.2, 0.25) is 5.88 Å². The van der Waals surface area contributed by atoms with Crippen LogP contribution in [0.5, 0.6) is 17.4 Å². The van der Waals surface area contributed by atoms with Crippen LogP contribution in [0.3, 0.4) is 0 Å². The molecule has 1 atom stereocenters. The summed E-state index contributed by atoms with van der Waals surface area (Å²) in [4.78, 5) is 17.1. The molecule has 1 heterocycles. The van der Waals surface area contributed by atoms with Gasteiger partial charge in [-0.05, 0) is 63.4 Å². The summed E-state index contributed by atoms with van der Waals surface area (Å²) < 4.78 is 17.9. The number of carbonyl (C=O) groups is 1. The minimum absolute atomic E-state index is 0.111. The molecule has 0 fully saturated rings. The Labute approximate surface area is 214 Å². The molecule has 2 aromatic carbocycles. The fourth-order valence-corrected chi connectivity index (χ4v) is 3.41. The van der Waals surface area contributed by atoms with Gasteiger partial charge in [0.15, 0.2) is 0 Å². The SMILES string of the molecule is CC(COC(C)(C)C)Oc1cccc(NC(=O)Nc2cccnc2Oc2ccccc2C(C)(C)C)c1. The summed E-state index contributed by atoms with van der Waals surface area (Å²) in [7, 11) is 0. The van der Waals surface area contributed by atoms with Crippen LogP contribution in [-0.4, -0.2) is 29.3 Å². The number of urea groups is 1. The van der Waals surface area contributed by atoms with Gasteiger partial charge in [-0.25, -0.2) is 9.78 Å². The minimum atomic E-state index is -0.418. The van der Waals surface area contributed by atoms with Gasteiger partial charge in [0.05, 0.1) is 12.2 Å². The van der Waals surface area contributed by atoms with Crippen molar-refractivity contribution in [1.82, 2.24) is 4.98 Å². The second-order valence-corrected chi connectivity index (χ2v) is 10.7. The zero-order valence-electron chi connectivity index (χ0n) is 22.2. The molecule has 0 saturated carbocycles. The Morgan fingerprint density at radius 1 is 0.944 bits per heavy atom. The van der Waals surface area contributed by atoms with Crippen LogP contribution < -0.4 is 20.1 Å². The Kier molecular flexibility index (Phi) is 8.58. The van der Waals surface area contributed by atoms with Gasteiger partial charge in [-0.2, -0.15) is 0 Å². The maximum Gasteiger partial charge on any atom is 0.323 e. The molecule has 1 aromatic heterocycles. The highest BCUT2D eigenvalue weighted by Gasteiger charge is 2.20. The van der Waals surface area contributed by atoms with E-state index in [9.17, 15) is 4.79 Å². The van der Waals surface area contributed by atoms with Gasteiger partial charge in [0, 0.05) is 23.5 Å². The normalized spacial score (nSPS) is 12.5. The van der Waals surface area contributed by atoms with Crippen LogP contribution >= 0.6 is 0 Å². The number of hydrogen-bond acceptors (Lipinski definition) is 5. The first-order valence-electron chi connectivity index (χ1n) is 12.1. The number of ether oxygens (including phenoxy) is 3. The molecule has 0 bridgehead atoms. The zero-order chi connectivity index (χ0) is 26.3. The highest BCUT2D eigenvalue weighted by molar-refractivity contribution is 6.00. The van der Waals surface area contributed by atoms with Crippen molar-refractivity contribution in [2.75, 3.05) is 17.2 Å². The number of anilines is 2. The monoisotopic (exact) mass is 491 g/mol. The molecule has 0 spiro atoms. The summed E-state index contributed by atoms with van der Waals surface area (Å²) in [6.07, 6.45) is 1.49. The van der Waals surface area contributed by atoms with Crippen LogP contribution in [0.1, 0.15) is 54.0 Å². The maximum atomic E-state index is 12.8. The van der Waals surface area contributed by atoms with E-state index in [0.29, 0.717) is 35.4 Å². The van der Waals surface area contributed by atoms with E-state index in [1.807, 2.05) is 64.1 Å². The van der Waals surface area contributed by atoms with Gasteiger partial charge >= 0.3 is 6.03 Å². The molecule has 1 unspecified atom stereocenters. The third kappa shape index (κ3) is 8.27. The third-order valence-corrected chi connectivity index (χ3v) is 5.10. The molecule has 0 radical (unpaired) electrons. The van der Waals surface area contributed by atoms with E-state index >= 15 is 0 Å². The van der Waals surface area contributed by atoms with Gasteiger partial charge in [0.1, 0.15) is 23.3 Å². The van der Waals surface area contributed by atoms with E-state index in [4.69, 9.17) is 14.2 Å². The number of para-hydroxylation sites is 1. The van der Waals surface area contributed by atoms with Crippen LogP contribution in [0, 0.1) is 0 Å². The Morgan fingerprint density at radius 2 is 1.69 bits per heavy atom. The number of rotatable bonds is 8. The first kappa shape index (κ1) is 27.0. The molecule has 0 aliphatic rings. The number of nitrogens with one attached hydrogen (secondary N) is 2. The zero-order valence-corrected chi connectivity index (χ0v) is 22.2.